The molecule has 0 aliphatic carbocycles. The minimum Gasteiger partial charge on any atom is -0.325 e. The molecule has 1 rings (SSSR count). The Hall–Kier alpha value is -1.34. The average Bonchev–Trinajstić information content (AvgIpc) is 2.28. The molecule has 1 amide bonds. The summed E-state index contributed by atoms with van der Waals surface area (Å²) in [4.78, 5) is 11.8. The lowest BCUT2D eigenvalue weighted by Gasteiger charge is -2.17. The molecule has 0 aliphatic rings. The van der Waals surface area contributed by atoms with Crippen molar-refractivity contribution in [2.24, 2.45) is 5.41 Å². The van der Waals surface area contributed by atoms with Gasteiger partial charge in [0.15, 0.2) is 0 Å². The van der Waals surface area contributed by atoms with Gasteiger partial charge in [0.2, 0.25) is 5.91 Å². The van der Waals surface area contributed by atoms with Crippen molar-refractivity contribution in [1.29, 1.82) is 5.26 Å². The average molecular weight is 309 g/mol. The van der Waals surface area contributed by atoms with Crippen molar-refractivity contribution in [2.45, 2.75) is 33.6 Å². The van der Waals surface area contributed by atoms with Gasteiger partial charge in [-0.2, -0.15) is 5.26 Å². The second-order valence-corrected chi connectivity index (χ2v) is 6.27. The van der Waals surface area contributed by atoms with Crippen LogP contribution in [-0.4, -0.2) is 5.91 Å². The number of nitriles is 1. The van der Waals surface area contributed by atoms with Crippen LogP contribution in [0.4, 0.5) is 5.69 Å². The van der Waals surface area contributed by atoms with Crippen molar-refractivity contribution in [3.8, 4) is 6.07 Å². The summed E-state index contributed by atoms with van der Waals surface area (Å²) in [7, 11) is 0. The summed E-state index contributed by atoms with van der Waals surface area (Å²) in [5, 5.41) is 11.6. The van der Waals surface area contributed by atoms with Crippen LogP contribution in [0.1, 0.15) is 39.2 Å². The highest BCUT2D eigenvalue weighted by Gasteiger charge is 2.13. The van der Waals surface area contributed by atoms with Crippen LogP contribution in [0.15, 0.2) is 22.7 Å². The maximum Gasteiger partial charge on any atom is 0.224 e. The van der Waals surface area contributed by atoms with Crippen LogP contribution in [0.25, 0.3) is 0 Å². The van der Waals surface area contributed by atoms with Crippen LogP contribution >= 0.6 is 15.9 Å². The number of benzene rings is 1. The highest BCUT2D eigenvalue weighted by molar-refractivity contribution is 9.10. The fourth-order valence-electron chi connectivity index (χ4n) is 1.39. The molecule has 0 atom stereocenters. The van der Waals surface area contributed by atoms with Crippen LogP contribution < -0.4 is 5.32 Å². The summed E-state index contributed by atoms with van der Waals surface area (Å²) in [6.07, 6.45) is 1.34. The van der Waals surface area contributed by atoms with Gasteiger partial charge in [0, 0.05) is 10.9 Å². The summed E-state index contributed by atoms with van der Waals surface area (Å²) >= 11 is 3.34. The number of hydrogen-bond acceptors (Lipinski definition) is 2. The zero-order valence-electron chi connectivity index (χ0n) is 10.9. The Kier molecular flexibility index (Phi) is 4.92. The number of nitrogens with one attached hydrogen (secondary N) is 1. The number of carbonyl (C=O) groups excluding carboxylic acids is 1. The van der Waals surface area contributed by atoms with Crippen LogP contribution in [0.5, 0.6) is 0 Å². The van der Waals surface area contributed by atoms with Crippen LogP contribution in [0, 0.1) is 16.7 Å². The smallest absolute Gasteiger partial charge is 0.224 e. The lowest BCUT2D eigenvalue weighted by atomic mass is 9.90. The number of hydrogen-bond donors (Lipinski definition) is 1. The van der Waals surface area contributed by atoms with Crippen LogP contribution in [0.3, 0.4) is 0 Å². The minimum absolute atomic E-state index is 0.00432. The Labute approximate surface area is 116 Å². The summed E-state index contributed by atoms with van der Waals surface area (Å²) in [6, 6.07) is 7.16. The van der Waals surface area contributed by atoms with Gasteiger partial charge in [0.25, 0.3) is 0 Å². The van der Waals surface area contributed by atoms with E-state index in [2.05, 4.69) is 48.1 Å². The summed E-state index contributed by atoms with van der Waals surface area (Å²) < 4.78 is 0.727. The molecule has 0 unspecified atom stereocenters. The molecule has 18 heavy (non-hydrogen) atoms. The van der Waals surface area contributed by atoms with Gasteiger partial charge in [-0.3, -0.25) is 4.79 Å². The SMILES string of the molecule is CC(C)(C)CCC(=O)Nc1ccc(C#N)cc1Br. The van der Waals surface area contributed by atoms with Crippen molar-refractivity contribution < 1.29 is 4.79 Å². The molecule has 0 saturated carbocycles. The second kappa shape index (κ2) is 6.01. The molecule has 4 heteroatoms. The molecule has 0 bridgehead atoms. The van der Waals surface area contributed by atoms with Crippen LogP contribution in [-0.2, 0) is 4.79 Å². The van der Waals surface area contributed by atoms with E-state index < -0.39 is 0 Å². The fraction of sp³-hybridized carbons (Fsp3) is 0.429. The van der Waals surface area contributed by atoms with Gasteiger partial charge < -0.3 is 5.32 Å². The summed E-state index contributed by atoms with van der Waals surface area (Å²) in [6.45, 7) is 6.33. The zero-order chi connectivity index (χ0) is 13.8. The molecule has 0 aliphatic heterocycles. The maximum atomic E-state index is 11.8. The van der Waals surface area contributed by atoms with Gasteiger partial charge in [-0.05, 0) is 46.0 Å². The summed E-state index contributed by atoms with van der Waals surface area (Å²) in [5.74, 6) is -0.00432. The quantitative estimate of drug-likeness (QED) is 0.914. The Morgan fingerprint density at radius 2 is 2.11 bits per heavy atom. The molecule has 3 nitrogen and oxygen atoms in total. The van der Waals surface area contributed by atoms with Gasteiger partial charge in [-0.25, -0.2) is 0 Å². The molecular weight excluding hydrogens is 292 g/mol. The molecule has 1 N–H and O–H groups in total. The van der Waals surface area contributed by atoms with Crippen molar-refractivity contribution in [3.05, 3.63) is 28.2 Å². The number of amides is 1. The Balaban J connectivity index is 2.63. The maximum absolute atomic E-state index is 11.8. The van der Waals surface area contributed by atoms with Gasteiger partial charge in [-0.15, -0.1) is 0 Å². The largest absolute Gasteiger partial charge is 0.325 e. The topological polar surface area (TPSA) is 52.9 Å². The van der Waals surface area contributed by atoms with Gasteiger partial charge in [-0.1, -0.05) is 20.8 Å². The van der Waals surface area contributed by atoms with Crippen molar-refractivity contribution in [2.75, 3.05) is 5.32 Å². The molecular formula is C14H17BrN2O. The predicted octanol–water partition coefficient (Wildman–Crippen LogP) is 4.09. The molecule has 1 aromatic rings. The number of anilines is 1. The van der Waals surface area contributed by atoms with E-state index in [9.17, 15) is 4.79 Å². The third-order valence-corrected chi connectivity index (χ3v) is 3.13. The monoisotopic (exact) mass is 308 g/mol. The third kappa shape index (κ3) is 4.89. The highest BCUT2D eigenvalue weighted by Crippen LogP contribution is 2.25. The lowest BCUT2D eigenvalue weighted by molar-refractivity contribution is -0.116. The Morgan fingerprint density at radius 1 is 1.44 bits per heavy atom. The van der Waals surface area contributed by atoms with E-state index in [1.807, 2.05) is 0 Å². The van der Waals surface area contributed by atoms with E-state index >= 15 is 0 Å². The van der Waals surface area contributed by atoms with E-state index in [1.54, 1.807) is 18.2 Å². The first-order valence-electron chi connectivity index (χ1n) is 5.81. The number of rotatable bonds is 3. The number of halogens is 1. The van der Waals surface area contributed by atoms with Crippen molar-refractivity contribution in [1.82, 2.24) is 0 Å². The molecule has 96 valence electrons. The van der Waals surface area contributed by atoms with E-state index in [0.717, 1.165) is 10.9 Å². The number of nitrogens with zero attached hydrogens (tertiary/aromatic N) is 1. The first kappa shape index (κ1) is 14.7. The highest BCUT2D eigenvalue weighted by atomic mass is 79.9. The number of carbonyl (C=O) groups is 1. The van der Waals surface area contributed by atoms with Gasteiger partial charge >= 0.3 is 0 Å². The third-order valence-electron chi connectivity index (χ3n) is 2.47. The molecule has 1 aromatic carbocycles. The first-order chi connectivity index (χ1) is 8.31. The van der Waals surface area contributed by atoms with Crippen molar-refractivity contribution in [3.63, 3.8) is 0 Å². The van der Waals surface area contributed by atoms with Crippen molar-refractivity contribution >= 4 is 27.5 Å². The second-order valence-electron chi connectivity index (χ2n) is 5.42. The van der Waals surface area contributed by atoms with Gasteiger partial charge in [0.1, 0.15) is 0 Å². The lowest BCUT2D eigenvalue weighted by Crippen LogP contribution is -2.15. The van der Waals surface area contributed by atoms with E-state index in [-0.39, 0.29) is 11.3 Å². The molecule has 0 radical (unpaired) electrons. The Morgan fingerprint density at radius 3 is 2.61 bits per heavy atom. The van der Waals surface area contributed by atoms with Crippen LogP contribution in [0.2, 0.25) is 0 Å². The normalized spacial score (nSPS) is 10.8. The molecule has 0 spiro atoms. The predicted molar refractivity (Wildman–Crippen MR) is 76.2 cm³/mol. The molecule has 0 fully saturated rings. The van der Waals surface area contributed by atoms with E-state index in [1.165, 1.54) is 0 Å². The van der Waals surface area contributed by atoms with E-state index in [4.69, 9.17) is 5.26 Å². The Bertz CT molecular complexity index is 484. The fourth-order valence-corrected chi connectivity index (χ4v) is 1.87. The molecule has 0 heterocycles. The van der Waals surface area contributed by atoms with E-state index in [0.29, 0.717) is 17.7 Å². The van der Waals surface area contributed by atoms with Gasteiger partial charge in [0.05, 0.1) is 17.3 Å². The summed E-state index contributed by atoms with van der Waals surface area (Å²) in [5.41, 5.74) is 1.42. The minimum atomic E-state index is -0.00432. The standard InChI is InChI=1S/C14H17BrN2O/c1-14(2,3)7-6-13(18)17-12-5-4-10(9-16)8-11(12)15/h4-5,8H,6-7H2,1-3H3,(H,17,18). The zero-order valence-corrected chi connectivity index (χ0v) is 12.5. The molecule has 0 saturated heterocycles. The first-order valence-corrected chi connectivity index (χ1v) is 6.60. The molecule has 0 aromatic heterocycles.